The fraction of sp³-hybridized carbons (Fsp3) is 0. The third kappa shape index (κ3) is 4.31. The topological polar surface area (TPSA) is 55.4 Å². The average molecular weight is 318 g/mol. The highest BCUT2D eigenvalue weighted by atomic mass is 35.7. The summed E-state index contributed by atoms with van der Waals surface area (Å²) >= 11 is 5.82. The van der Waals surface area contributed by atoms with Crippen molar-refractivity contribution in [2.75, 3.05) is 4.72 Å². The smallest absolute Gasteiger partial charge is 0.319 e. The molecule has 7 heteroatoms. The summed E-state index contributed by atoms with van der Waals surface area (Å²) in [6.07, 6.45) is 0. The van der Waals surface area contributed by atoms with E-state index in [0.29, 0.717) is 16.5 Å². The van der Waals surface area contributed by atoms with Crippen LogP contribution >= 0.6 is 22.3 Å². The van der Waals surface area contributed by atoms with Crippen LogP contribution in [0.1, 0.15) is 0 Å². The molecule has 0 aliphatic carbocycles. The van der Waals surface area contributed by atoms with Crippen molar-refractivity contribution in [1.82, 2.24) is 0 Å². The van der Waals surface area contributed by atoms with Gasteiger partial charge in [0.15, 0.2) is 5.75 Å². The van der Waals surface area contributed by atoms with E-state index in [2.05, 4.69) is 4.72 Å². The van der Waals surface area contributed by atoms with E-state index in [0.717, 1.165) is 0 Å². The first-order valence-corrected chi connectivity index (χ1v) is 7.88. The molecule has 0 bridgehead atoms. The van der Waals surface area contributed by atoms with E-state index in [1.807, 2.05) is 6.07 Å². The summed E-state index contributed by atoms with van der Waals surface area (Å²) in [5, 5.41) is 0.364. The van der Waals surface area contributed by atoms with Gasteiger partial charge in [0.05, 0.1) is 5.69 Å². The molecule has 0 spiro atoms. The molecule has 19 heavy (non-hydrogen) atoms. The predicted octanol–water partition coefficient (Wildman–Crippen LogP) is 4.03. The first-order valence-electron chi connectivity index (χ1n) is 5.19. The molecule has 0 fully saturated rings. The zero-order valence-electron chi connectivity index (χ0n) is 9.51. The van der Waals surface area contributed by atoms with Crippen LogP contribution in [0.15, 0.2) is 48.5 Å². The Morgan fingerprint density at radius 3 is 2.37 bits per heavy atom. The van der Waals surface area contributed by atoms with Crippen LogP contribution in [-0.2, 0) is 9.24 Å². The maximum atomic E-state index is 11.1. The van der Waals surface area contributed by atoms with E-state index in [-0.39, 0.29) is 5.69 Å². The lowest BCUT2D eigenvalue weighted by Gasteiger charge is -2.11. The second-order valence-electron chi connectivity index (χ2n) is 3.60. The zero-order valence-corrected chi connectivity index (χ0v) is 11.8. The first-order chi connectivity index (χ1) is 8.94. The zero-order chi connectivity index (χ0) is 13.9. The van der Waals surface area contributed by atoms with Gasteiger partial charge in [0.2, 0.25) is 0 Å². The van der Waals surface area contributed by atoms with Crippen molar-refractivity contribution in [3.05, 3.63) is 53.6 Å². The lowest BCUT2D eigenvalue weighted by Crippen LogP contribution is -2.05. The maximum Gasteiger partial charge on any atom is 0.319 e. The minimum atomic E-state index is -3.93. The number of hydrogen-bond acceptors (Lipinski definition) is 3. The molecule has 1 N–H and O–H groups in total. The first kappa shape index (κ1) is 14.0. The molecule has 2 aromatic rings. The Bertz CT molecular complexity index is 675. The maximum absolute atomic E-state index is 11.1. The quantitative estimate of drug-likeness (QED) is 0.866. The fourth-order valence-electron chi connectivity index (χ4n) is 1.42. The summed E-state index contributed by atoms with van der Waals surface area (Å²) in [5.41, 5.74) is 0.173. The van der Waals surface area contributed by atoms with Crippen molar-refractivity contribution >= 4 is 37.2 Å². The number of rotatable bonds is 4. The molecule has 4 nitrogen and oxygen atoms in total. The number of anilines is 1. The van der Waals surface area contributed by atoms with Gasteiger partial charge in [-0.25, -0.2) is 0 Å². The standard InChI is InChI=1S/C12H9Cl2NO3S/c13-9-6-7-12(11(8-9)15-19(14,16)17)18-10-4-2-1-3-5-10/h1-8,15H. The van der Waals surface area contributed by atoms with Crippen LogP contribution in [0.4, 0.5) is 5.69 Å². The molecule has 0 atom stereocenters. The fourth-order valence-corrected chi connectivity index (χ4v) is 2.26. The Kier molecular flexibility index (Phi) is 4.19. The monoisotopic (exact) mass is 317 g/mol. The molecule has 0 heterocycles. The van der Waals surface area contributed by atoms with Crippen LogP contribution in [0, 0.1) is 0 Å². The van der Waals surface area contributed by atoms with E-state index in [1.54, 1.807) is 36.4 Å². The van der Waals surface area contributed by atoms with Crippen molar-refractivity contribution in [2.45, 2.75) is 0 Å². The Balaban J connectivity index is 2.34. The van der Waals surface area contributed by atoms with E-state index in [9.17, 15) is 8.42 Å². The third-order valence-corrected chi connectivity index (χ3v) is 3.07. The summed E-state index contributed by atoms with van der Waals surface area (Å²) in [6.45, 7) is 0. The molecule has 0 aromatic heterocycles. The number of ether oxygens (including phenoxy) is 1. The summed E-state index contributed by atoms with van der Waals surface area (Å²) in [7, 11) is 1.23. The second kappa shape index (κ2) is 5.69. The van der Waals surface area contributed by atoms with Crippen LogP contribution in [0.25, 0.3) is 0 Å². The van der Waals surface area contributed by atoms with Gasteiger partial charge in [-0.15, -0.1) is 0 Å². The summed E-state index contributed by atoms with van der Waals surface area (Å²) in [6, 6.07) is 13.5. The Hall–Kier alpha value is -1.43. The van der Waals surface area contributed by atoms with Gasteiger partial charge in [-0.1, -0.05) is 29.8 Å². The van der Waals surface area contributed by atoms with Gasteiger partial charge >= 0.3 is 9.24 Å². The van der Waals surface area contributed by atoms with Crippen molar-refractivity contribution in [2.24, 2.45) is 0 Å². The molecule has 0 saturated heterocycles. The summed E-state index contributed by atoms with van der Waals surface area (Å²) in [5.74, 6) is 0.875. The molecular weight excluding hydrogens is 309 g/mol. The number of nitrogens with one attached hydrogen (secondary N) is 1. The van der Waals surface area contributed by atoms with Gasteiger partial charge in [0.1, 0.15) is 5.75 Å². The Labute approximate surface area is 120 Å². The highest BCUT2D eigenvalue weighted by Crippen LogP contribution is 2.32. The minimum Gasteiger partial charge on any atom is -0.455 e. The highest BCUT2D eigenvalue weighted by molar-refractivity contribution is 8.14. The van der Waals surface area contributed by atoms with Gasteiger partial charge in [-0.3, -0.25) is 4.72 Å². The van der Waals surface area contributed by atoms with Gasteiger partial charge < -0.3 is 4.74 Å². The molecule has 0 aliphatic rings. The van der Waals surface area contributed by atoms with E-state index < -0.39 is 9.24 Å². The van der Waals surface area contributed by atoms with Crippen LogP contribution in [0.3, 0.4) is 0 Å². The lowest BCUT2D eigenvalue weighted by atomic mass is 10.3. The number of para-hydroxylation sites is 1. The average Bonchev–Trinajstić information content (AvgIpc) is 2.32. The number of benzene rings is 2. The molecule has 0 saturated carbocycles. The molecule has 0 amide bonds. The van der Waals surface area contributed by atoms with Crippen LogP contribution in [-0.4, -0.2) is 8.42 Å². The predicted molar refractivity (Wildman–Crippen MR) is 76.4 cm³/mol. The van der Waals surface area contributed by atoms with E-state index >= 15 is 0 Å². The molecule has 0 radical (unpaired) electrons. The normalized spacial score (nSPS) is 11.1. The molecule has 2 rings (SSSR count). The van der Waals surface area contributed by atoms with Crippen LogP contribution in [0.5, 0.6) is 11.5 Å². The molecular formula is C12H9Cl2NO3S. The number of hydrogen-bond donors (Lipinski definition) is 1. The van der Waals surface area contributed by atoms with E-state index in [1.165, 1.54) is 6.07 Å². The minimum absolute atomic E-state index is 0.173. The second-order valence-corrected chi connectivity index (χ2v) is 6.33. The molecule has 0 aliphatic heterocycles. The van der Waals surface area contributed by atoms with Crippen molar-refractivity contribution in [1.29, 1.82) is 0 Å². The lowest BCUT2D eigenvalue weighted by molar-refractivity contribution is 0.485. The van der Waals surface area contributed by atoms with Gasteiger partial charge in [-0.2, -0.15) is 8.42 Å². The highest BCUT2D eigenvalue weighted by Gasteiger charge is 2.11. The Morgan fingerprint density at radius 2 is 1.74 bits per heavy atom. The summed E-state index contributed by atoms with van der Waals surface area (Å²) in [4.78, 5) is 0. The van der Waals surface area contributed by atoms with Gasteiger partial charge in [0.25, 0.3) is 0 Å². The molecule has 0 unspecified atom stereocenters. The number of halogens is 2. The van der Waals surface area contributed by atoms with E-state index in [4.69, 9.17) is 27.0 Å². The summed E-state index contributed by atoms with van der Waals surface area (Å²) < 4.78 is 29.8. The molecule has 2 aromatic carbocycles. The van der Waals surface area contributed by atoms with Gasteiger partial charge in [-0.05, 0) is 30.3 Å². The SMILES string of the molecule is O=S(=O)(Cl)Nc1cc(Cl)ccc1Oc1ccccc1. The van der Waals surface area contributed by atoms with Crippen LogP contribution < -0.4 is 9.46 Å². The third-order valence-electron chi connectivity index (χ3n) is 2.14. The van der Waals surface area contributed by atoms with Gasteiger partial charge in [0, 0.05) is 15.7 Å². The van der Waals surface area contributed by atoms with Crippen molar-refractivity contribution < 1.29 is 13.2 Å². The van der Waals surface area contributed by atoms with Crippen molar-refractivity contribution in [3.63, 3.8) is 0 Å². The van der Waals surface area contributed by atoms with Crippen molar-refractivity contribution in [3.8, 4) is 11.5 Å². The molecule has 100 valence electrons. The van der Waals surface area contributed by atoms with Crippen LogP contribution in [0.2, 0.25) is 5.02 Å². The largest absolute Gasteiger partial charge is 0.455 e. The Morgan fingerprint density at radius 1 is 1.05 bits per heavy atom.